The van der Waals surface area contributed by atoms with Gasteiger partial charge in [-0.3, -0.25) is 0 Å². The SMILES string of the molecule is C=C1CC2CNCC1C2. The van der Waals surface area contributed by atoms with Crippen LogP contribution in [0.15, 0.2) is 12.2 Å². The van der Waals surface area contributed by atoms with E-state index in [0.717, 1.165) is 11.8 Å². The molecule has 2 unspecified atom stereocenters. The normalized spacial score (nSPS) is 41.6. The molecule has 2 bridgehead atoms. The molecule has 2 rings (SSSR count). The summed E-state index contributed by atoms with van der Waals surface area (Å²) in [6.45, 7) is 6.48. The highest BCUT2D eigenvalue weighted by atomic mass is 14.9. The summed E-state index contributed by atoms with van der Waals surface area (Å²) in [6.07, 6.45) is 2.70. The van der Waals surface area contributed by atoms with Crippen LogP contribution >= 0.6 is 0 Å². The molecule has 1 N–H and O–H groups in total. The first-order valence-electron chi connectivity index (χ1n) is 3.74. The van der Waals surface area contributed by atoms with Crippen LogP contribution in [0.2, 0.25) is 0 Å². The Labute approximate surface area is 56.1 Å². The van der Waals surface area contributed by atoms with Crippen molar-refractivity contribution in [2.24, 2.45) is 11.8 Å². The van der Waals surface area contributed by atoms with E-state index in [1.54, 1.807) is 0 Å². The van der Waals surface area contributed by atoms with Crippen molar-refractivity contribution in [2.75, 3.05) is 13.1 Å². The molecule has 0 amide bonds. The number of fused-ring (bicyclic) bond motifs is 2. The molecule has 0 spiro atoms. The predicted molar refractivity (Wildman–Crippen MR) is 38.2 cm³/mol. The Kier molecular flexibility index (Phi) is 1.12. The third-order valence-electron chi connectivity index (χ3n) is 2.57. The largest absolute Gasteiger partial charge is 0.316 e. The van der Waals surface area contributed by atoms with Crippen molar-refractivity contribution in [2.45, 2.75) is 12.8 Å². The fourth-order valence-corrected chi connectivity index (χ4v) is 2.03. The van der Waals surface area contributed by atoms with Crippen LogP contribution in [0, 0.1) is 11.8 Å². The van der Waals surface area contributed by atoms with Gasteiger partial charge in [0.15, 0.2) is 0 Å². The van der Waals surface area contributed by atoms with Gasteiger partial charge in [0.2, 0.25) is 0 Å². The van der Waals surface area contributed by atoms with E-state index in [1.807, 2.05) is 0 Å². The van der Waals surface area contributed by atoms with Crippen LogP contribution in [-0.2, 0) is 0 Å². The van der Waals surface area contributed by atoms with Gasteiger partial charge < -0.3 is 5.32 Å². The third kappa shape index (κ3) is 0.799. The van der Waals surface area contributed by atoms with E-state index in [-0.39, 0.29) is 0 Å². The summed E-state index contributed by atoms with van der Waals surface area (Å²) in [5.74, 6) is 1.75. The third-order valence-corrected chi connectivity index (χ3v) is 2.57. The summed E-state index contributed by atoms with van der Waals surface area (Å²) in [6, 6.07) is 0. The minimum atomic E-state index is 0.823. The van der Waals surface area contributed by atoms with Crippen LogP contribution in [-0.4, -0.2) is 13.1 Å². The number of nitrogens with one attached hydrogen (secondary N) is 1. The summed E-state index contributed by atoms with van der Waals surface area (Å²) < 4.78 is 0. The Bertz CT molecular complexity index is 140. The lowest BCUT2D eigenvalue weighted by atomic mass is 10.0. The lowest BCUT2D eigenvalue weighted by molar-refractivity contribution is 0.388. The van der Waals surface area contributed by atoms with Crippen LogP contribution < -0.4 is 5.32 Å². The van der Waals surface area contributed by atoms with Crippen LogP contribution in [0.3, 0.4) is 0 Å². The van der Waals surface area contributed by atoms with E-state index in [0.29, 0.717) is 0 Å². The molecule has 1 heteroatoms. The minimum absolute atomic E-state index is 0.823. The lowest BCUT2D eigenvalue weighted by Crippen LogP contribution is -2.30. The molecule has 9 heavy (non-hydrogen) atoms. The van der Waals surface area contributed by atoms with Crippen molar-refractivity contribution in [3.05, 3.63) is 12.2 Å². The van der Waals surface area contributed by atoms with Gasteiger partial charge in [0.25, 0.3) is 0 Å². The van der Waals surface area contributed by atoms with Gasteiger partial charge in [0, 0.05) is 6.54 Å². The summed E-state index contributed by atoms with van der Waals surface area (Å²) in [7, 11) is 0. The highest BCUT2D eigenvalue weighted by molar-refractivity contribution is 5.11. The quantitative estimate of drug-likeness (QED) is 0.477. The van der Waals surface area contributed by atoms with E-state index in [1.165, 1.54) is 31.5 Å². The molecule has 1 aliphatic heterocycles. The van der Waals surface area contributed by atoms with Crippen LogP contribution in [0.4, 0.5) is 0 Å². The molecule has 1 heterocycles. The van der Waals surface area contributed by atoms with Crippen molar-refractivity contribution in [1.29, 1.82) is 0 Å². The highest BCUT2D eigenvalue weighted by Gasteiger charge is 2.30. The zero-order valence-corrected chi connectivity index (χ0v) is 5.69. The fourth-order valence-electron chi connectivity index (χ4n) is 2.03. The van der Waals surface area contributed by atoms with E-state index >= 15 is 0 Å². The van der Waals surface area contributed by atoms with E-state index < -0.39 is 0 Å². The van der Waals surface area contributed by atoms with Gasteiger partial charge in [-0.2, -0.15) is 0 Å². The molecule has 2 fully saturated rings. The van der Waals surface area contributed by atoms with E-state index in [2.05, 4.69) is 11.9 Å². The van der Waals surface area contributed by atoms with Gasteiger partial charge in [-0.15, -0.1) is 0 Å². The van der Waals surface area contributed by atoms with Crippen molar-refractivity contribution >= 4 is 0 Å². The maximum atomic E-state index is 4.06. The topological polar surface area (TPSA) is 12.0 Å². The Morgan fingerprint density at radius 2 is 2.33 bits per heavy atom. The van der Waals surface area contributed by atoms with Gasteiger partial charge in [-0.1, -0.05) is 12.2 Å². The number of hydrogen-bond acceptors (Lipinski definition) is 1. The molecule has 2 atom stereocenters. The monoisotopic (exact) mass is 123 g/mol. The van der Waals surface area contributed by atoms with Gasteiger partial charge in [-0.05, 0) is 31.2 Å². The predicted octanol–water partition coefficient (Wildman–Crippen LogP) is 1.17. The molecular weight excluding hydrogens is 110 g/mol. The molecule has 0 radical (unpaired) electrons. The zero-order valence-electron chi connectivity index (χ0n) is 5.69. The van der Waals surface area contributed by atoms with Crippen LogP contribution in [0.5, 0.6) is 0 Å². The molecule has 0 aromatic rings. The number of piperidine rings is 1. The number of rotatable bonds is 0. The van der Waals surface area contributed by atoms with Gasteiger partial charge >= 0.3 is 0 Å². The Hall–Kier alpha value is -0.300. The molecule has 50 valence electrons. The van der Waals surface area contributed by atoms with Crippen molar-refractivity contribution in [3.8, 4) is 0 Å². The standard InChI is InChI=1S/C8H13N/c1-6-2-7-3-8(6)5-9-4-7/h7-9H,1-5H2. The minimum Gasteiger partial charge on any atom is -0.316 e. The summed E-state index contributed by atoms with van der Waals surface area (Å²) in [4.78, 5) is 0. The summed E-state index contributed by atoms with van der Waals surface area (Å²) in [5.41, 5.74) is 1.49. The summed E-state index contributed by atoms with van der Waals surface area (Å²) >= 11 is 0. The maximum absolute atomic E-state index is 4.06. The molecule has 0 aromatic heterocycles. The second-order valence-corrected chi connectivity index (χ2v) is 3.32. The first-order chi connectivity index (χ1) is 4.36. The molecule has 1 nitrogen and oxygen atoms in total. The average molecular weight is 123 g/mol. The van der Waals surface area contributed by atoms with Gasteiger partial charge in [0.05, 0.1) is 0 Å². The molecule has 1 saturated heterocycles. The van der Waals surface area contributed by atoms with Crippen LogP contribution in [0.25, 0.3) is 0 Å². The van der Waals surface area contributed by atoms with E-state index in [9.17, 15) is 0 Å². The lowest BCUT2D eigenvalue weighted by Gasteiger charge is -2.18. The van der Waals surface area contributed by atoms with Crippen molar-refractivity contribution in [1.82, 2.24) is 5.32 Å². The van der Waals surface area contributed by atoms with E-state index in [4.69, 9.17) is 0 Å². The summed E-state index contributed by atoms with van der Waals surface area (Å²) in [5, 5.41) is 3.42. The van der Waals surface area contributed by atoms with Crippen molar-refractivity contribution < 1.29 is 0 Å². The first-order valence-corrected chi connectivity index (χ1v) is 3.74. The average Bonchev–Trinajstić information content (AvgIpc) is 2.09. The molecule has 2 aliphatic rings. The first kappa shape index (κ1) is 5.48. The van der Waals surface area contributed by atoms with Gasteiger partial charge in [0.1, 0.15) is 0 Å². The smallest absolute Gasteiger partial charge is 0.00170 e. The molecular formula is C8H13N. The zero-order chi connectivity index (χ0) is 6.27. The second kappa shape index (κ2) is 1.84. The Balaban J connectivity index is 2.15. The Morgan fingerprint density at radius 3 is 3.00 bits per heavy atom. The molecule has 1 saturated carbocycles. The maximum Gasteiger partial charge on any atom is 0.00170 e. The number of hydrogen-bond donors (Lipinski definition) is 1. The van der Waals surface area contributed by atoms with Crippen LogP contribution in [0.1, 0.15) is 12.8 Å². The van der Waals surface area contributed by atoms with Gasteiger partial charge in [-0.25, -0.2) is 0 Å². The molecule has 1 aliphatic carbocycles. The highest BCUT2D eigenvalue weighted by Crippen LogP contribution is 2.36. The molecule has 0 aromatic carbocycles. The van der Waals surface area contributed by atoms with Crippen molar-refractivity contribution in [3.63, 3.8) is 0 Å². The fraction of sp³-hybridized carbons (Fsp3) is 0.750. The Morgan fingerprint density at radius 1 is 1.44 bits per heavy atom. The second-order valence-electron chi connectivity index (χ2n) is 3.32.